The third-order valence-corrected chi connectivity index (χ3v) is 19.6. The van der Waals surface area contributed by atoms with Gasteiger partial charge in [0, 0.05) is 25.7 Å². The van der Waals surface area contributed by atoms with Crippen molar-refractivity contribution in [3.8, 4) is 0 Å². The first-order chi connectivity index (χ1) is 45.1. The van der Waals surface area contributed by atoms with Crippen LogP contribution in [0.4, 0.5) is 0 Å². The summed E-state index contributed by atoms with van der Waals surface area (Å²) in [6.45, 7) is 14.2. The first-order valence-electron chi connectivity index (χ1n) is 38.7. The van der Waals surface area contributed by atoms with Crippen molar-refractivity contribution >= 4 is 39.5 Å². The molecular weight excluding hydrogens is 1230 g/mol. The number of ether oxygens (including phenoxy) is 4. The minimum atomic E-state index is -4.96. The van der Waals surface area contributed by atoms with E-state index in [1.807, 2.05) is 0 Å². The highest BCUT2D eigenvalue weighted by Crippen LogP contribution is 2.45. The number of phosphoric acid groups is 2. The van der Waals surface area contributed by atoms with Crippen LogP contribution in [0.1, 0.15) is 376 Å². The van der Waals surface area contributed by atoms with E-state index in [9.17, 15) is 43.2 Å². The Bertz CT molecular complexity index is 1850. The molecule has 0 aliphatic carbocycles. The van der Waals surface area contributed by atoms with Gasteiger partial charge in [-0.05, 0) is 49.4 Å². The SMILES string of the molecule is CCC(C)CCCCCCCCCCCCC(=O)O[C@H](COC(=O)CCCCCCCCCCCCCCCCCC(C)C)COP(=O)(O)OCC(O)COP(=O)(O)OC[C@@H](COC(=O)CCCCCCCCCC(C)C)OC(=O)CCCCCCCCCCCC(C)C. The maximum atomic E-state index is 13.1. The maximum Gasteiger partial charge on any atom is 0.472 e. The highest BCUT2D eigenvalue weighted by Gasteiger charge is 2.30. The summed E-state index contributed by atoms with van der Waals surface area (Å²) in [4.78, 5) is 72.7. The lowest BCUT2D eigenvalue weighted by Gasteiger charge is -2.21. The van der Waals surface area contributed by atoms with E-state index in [0.29, 0.717) is 31.6 Å². The zero-order valence-electron chi connectivity index (χ0n) is 61.6. The average molecular weight is 1380 g/mol. The highest BCUT2D eigenvalue weighted by molar-refractivity contribution is 7.47. The van der Waals surface area contributed by atoms with Crippen LogP contribution in [-0.4, -0.2) is 96.7 Å². The fourth-order valence-corrected chi connectivity index (χ4v) is 12.9. The van der Waals surface area contributed by atoms with Crippen LogP contribution in [0.15, 0.2) is 0 Å². The molecule has 0 spiro atoms. The van der Waals surface area contributed by atoms with Gasteiger partial charge in [0.25, 0.3) is 0 Å². The van der Waals surface area contributed by atoms with Crippen LogP contribution in [0.5, 0.6) is 0 Å². The number of unbranched alkanes of at least 4 members (excludes halogenated alkanes) is 37. The van der Waals surface area contributed by atoms with Crippen molar-refractivity contribution in [2.24, 2.45) is 23.7 Å². The van der Waals surface area contributed by atoms with Crippen molar-refractivity contribution in [3.63, 3.8) is 0 Å². The number of hydrogen-bond donors (Lipinski definition) is 3. The molecule has 17 nitrogen and oxygen atoms in total. The van der Waals surface area contributed by atoms with Gasteiger partial charge in [-0.25, -0.2) is 9.13 Å². The predicted molar refractivity (Wildman–Crippen MR) is 381 cm³/mol. The Morgan fingerprint density at radius 3 is 0.755 bits per heavy atom. The zero-order chi connectivity index (χ0) is 69.6. The quantitative estimate of drug-likeness (QED) is 0.0222. The molecule has 0 saturated heterocycles. The molecule has 0 bridgehead atoms. The Morgan fingerprint density at radius 1 is 0.298 bits per heavy atom. The van der Waals surface area contributed by atoms with Gasteiger partial charge in [-0.1, -0.05) is 325 Å². The first-order valence-corrected chi connectivity index (χ1v) is 41.7. The molecule has 0 fully saturated rings. The van der Waals surface area contributed by atoms with Crippen LogP contribution in [0, 0.1) is 23.7 Å². The molecule has 6 atom stereocenters. The fraction of sp³-hybridized carbons (Fsp3) is 0.947. The van der Waals surface area contributed by atoms with Gasteiger partial charge in [-0.2, -0.15) is 0 Å². The molecule has 3 N–H and O–H groups in total. The number of carbonyl (C=O) groups excluding carboxylic acids is 4. The second-order valence-corrected chi connectivity index (χ2v) is 31.6. The number of phosphoric ester groups is 2. The van der Waals surface area contributed by atoms with E-state index >= 15 is 0 Å². The molecule has 0 saturated carbocycles. The summed E-state index contributed by atoms with van der Waals surface area (Å²) in [7, 11) is -9.91. The van der Waals surface area contributed by atoms with Crippen molar-refractivity contribution in [2.75, 3.05) is 39.6 Å². The van der Waals surface area contributed by atoms with E-state index in [1.54, 1.807) is 0 Å². The van der Waals surface area contributed by atoms with E-state index in [-0.39, 0.29) is 25.7 Å². The third kappa shape index (κ3) is 67.3. The van der Waals surface area contributed by atoms with Crippen molar-refractivity contribution in [3.05, 3.63) is 0 Å². The molecular formula is C75H146O17P2. The van der Waals surface area contributed by atoms with E-state index in [1.165, 1.54) is 173 Å². The van der Waals surface area contributed by atoms with Crippen LogP contribution >= 0.6 is 15.6 Å². The molecule has 558 valence electrons. The van der Waals surface area contributed by atoms with Gasteiger partial charge < -0.3 is 33.8 Å². The van der Waals surface area contributed by atoms with Crippen molar-refractivity contribution in [2.45, 2.75) is 395 Å². The van der Waals surface area contributed by atoms with E-state index in [2.05, 4.69) is 55.4 Å². The monoisotopic (exact) mass is 1380 g/mol. The summed E-state index contributed by atoms with van der Waals surface area (Å²) < 4.78 is 68.5. The Hall–Kier alpha value is -1.94. The maximum absolute atomic E-state index is 13.1. The summed E-state index contributed by atoms with van der Waals surface area (Å²) in [5.41, 5.74) is 0. The van der Waals surface area contributed by atoms with Crippen LogP contribution in [-0.2, 0) is 65.4 Å². The lowest BCUT2D eigenvalue weighted by molar-refractivity contribution is -0.161. The van der Waals surface area contributed by atoms with Gasteiger partial charge in [0.2, 0.25) is 0 Å². The Labute approximate surface area is 575 Å². The van der Waals surface area contributed by atoms with Crippen LogP contribution in [0.25, 0.3) is 0 Å². The molecule has 0 aromatic carbocycles. The summed E-state index contributed by atoms with van der Waals surface area (Å²) in [6, 6.07) is 0. The molecule has 0 radical (unpaired) electrons. The van der Waals surface area contributed by atoms with Crippen molar-refractivity contribution in [1.82, 2.24) is 0 Å². The van der Waals surface area contributed by atoms with Crippen molar-refractivity contribution < 1.29 is 80.2 Å². The third-order valence-electron chi connectivity index (χ3n) is 17.7. The molecule has 19 heteroatoms. The van der Waals surface area contributed by atoms with Gasteiger partial charge in [0.15, 0.2) is 12.2 Å². The van der Waals surface area contributed by atoms with E-state index in [4.69, 9.17) is 37.0 Å². The summed E-state index contributed by atoms with van der Waals surface area (Å²) >= 11 is 0. The van der Waals surface area contributed by atoms with Gasteiger partial charge in [-0.3, -0.25) is 37.3 Å². The summed E-state index contributed by atoms with van der Waals surface area (Å²) in [6.07, 6.45) is 48.6. The lowest BCUT2D eigenvalue weighted by atomic mass is 9.99. The van der Waals surface area contributed by atoms with E-state index in [0.717, 1.165) is 114 Å². The number of hydrogen-bond acceptors (Lipinski definition) is 15. The number of esters is 4. The van der Waals surface area contributed by atoms with E-state index < -0.39 is 97.5 Å². The normalized spacial score (nSPS) is 14.4. The largest absolute Gasteiger partial charge is 0.472 e. The Kier molecular flexibility index (Phi) is 63.1. The number of carbonyl (C=O) groups is 4. The molecule has 0 aliphatic rings. The Morgan fingerprint density at radius 2 is 0.511 bits per heavy atom. The van der Waals surface area contributed by atoms with Crippen LogP contribution in [0.3, 0.4) is 0 Å². The lowest BCUT2D eigenvalue weighted by Crippen LogP contribution is -2.30. The molecule has 0 heterocycles. The second-order valence-electron chi connectivity index (χ2n) is 28.7. The summed E-state index contributed by atoms with van der Waals surface area (Å²) in [5.74, 6) is 0.927. The topological polar surface area (TPSA) is 237 Å². The molecule has 0 aromatic heterocycles. The van der Waals surface area contributed by atoms with Crippen molar-refractivity contribution in [1.29, 1.82) is 0 Å². The second kappa shape index (κ2) is 64.4. The zero-order valence-corrected chi connectivity index (χ0v) is 63.4. The molecule has 0 aliphatic heterocycles. The van der Waals surface area contributed by atoms with Crippen LogP contribution in [0.2, 0.25) is 0 Å². The minimum Gasteiger partial charge on any atom is -0.462 e. The fourth-order valence-electron chi connectivity index (χ4n) is 11.3. The molecule has 94 heavy (non-hydrogen) atoms. The minimum absolute atomic E-state index is 0.104. The molecule has 0 rings (SSSR count). The number of aliphatic hydroxyl groups excluding tert-OH is 1. The van der Waals surface area contributed by atoms with Gasteiger partial charge >= 0.3 is 39.5 Å². The average Bonchev–Trinajstić information content (AvgIpc) is 1.47. The number of aliphatic hydroxyl groups is 1. The highest BCUT2D eigenvalue weighted by atomic mass is 31.2. The number of rotatable bonds is 72. The van der Waals surface area contributed by atoms with Gasteiger partial charge in [0.1, 0.15) is 19.3 Å². The van der Waals surface area contributed by atoms with Gasteiger partial charge in [0.05, 0.1) is 26.4 Å². The van der Waals surface area contributed by atoms with Crippen LogP contribution < -0.4 is 0 Å². The predicted octanol–water partition coefficient (Wildman–Crippen LogP) is 21.7. The summed E-state index contributed by atoms with van der Waals surface area (Å²) in [5, 5.41) is 10.6. The standard InChI is InChI=1S/C75H146O17P2/c1-9-68(8)54-46-38-30-22-17-18-24-32-41-49-57-74(79)91-70(61-85-72(77)55-47-39-31-23-16-14-12-10-11-13-15-20-27-35-43-51-65(2)3)63-89-93(81,82)87-59-69(76)60-88-94(83,84)90-64-71(62-86-73(78)56-48-40-34-26-29-37-45-53-67(6)7)92-75(80)58-50-42-33-25-19-21-28-36-44-52-66(4)5/h65-71,76H,9-64H2,1-8H3,(H,81,82)(H,83,84)/t68?,69?,70-,71-/m1/s1. The molecule has 0 amide bonds. The Balaban J connectivity index is 5.24. The first kappa shape index (κ1) is 92.1. The molecule has 0 aromatic rings. The van der Waals surface area contributed by atoms with Gasteiger partial charge in [-0.15, -0.1) is 0 Å². The molecule has 4 unspecified atom stereocenters. The smallest absolute Gasteiger partial charge is 0.462 e.